The summed E-state index contributed by atoms with van der Waals surface area (Å²) in [6.45, 7) is 4.29. The molecule has 0 saturated carbocycles. The molecule has 0 aromatic rings. The first-order chi connectivity index (χ1) is 8.03. The summed E-state index contributed by atoms with van der Waals surface area (Å²) < 4.78 is 41.6. The van der Waals surface area contributed by atoms with Gasteiger partial charge in [-0.05, 0) is 38.1 Å². The van der Waals surface area contributed by atoms with Crippen LogP contribution in [0.15, 0.2) is 0 Å². The van der Waals surface area contributed by atoms with Gasteiger partial charge >= 0.3 is 6.18 Å². The summed E-state index contributed by atoms with van der Waals surface area (Å²) in [5, 5.41) is 3.32. The number of hydrogen-bond acceptors (Lipinski definition) is 2. The maximum Gasteiger partial charge on any atom is 0.389 e. The van der Waals surface area contributed by atoms with Gasteiger partial charge < -0.3 is 10.1 Å². The van der Waals surface area contributed by atoms with E-state index in [0.717, 1.165) is 32.6 Å². The van der Waals surface area contributed by atoms with E-state index in [0.29, 0.717) is 12.3 Å². The average Bonchev–Trinajstić information content (AvgIpc) is 2.27. The molecule has 1 heterocycles. The Morgan fingerprint density at radius 2 is 1.94 bits per heavy atom. The van der Waals surface area contributed by atoms with Crippen molar-refractivity contribution in [1.82, 2.24) is 5.32 Å². The number of hydrogen-bond donors (Lipinski definition) is 1. The summed E-state index contributed by atoms with van der Waals surface area (Å²) >= 11 is 0. The Bertz CT molecular complexity index is 202. The molecule has 1 N–H and O–H groups in total. The van der Waals surface area contributed by atoms with Crippen LogP contribution in [0.3, 0.4) is 0 Å². The predicted molar refractivity (Wildman–Crippen MR) is 60.9 cm³/mol. The van der Waals surface area contributed by atoms with Crippen LogP contribution in [0.25, 0.3) is 0 Å². The third kappa shape index (κ3) is 6.27. The molecule has 1 aliphatic rings. The number of nitrogens with one attached hydrogen (secondary N) is 1. The third-order valence-electron chi connectivity index (χ3n) is 3.28. The van der Waals surface area contributed by atoms with Crippen molar-refractivity contribution < 1.29 is 17.9 Å². The molecule has 0 bridgehead atoms. The summed E-state index contributed by atoms with van der Waals surface area (Å²) in [7, 11) is 0. The van der Waals surface area contributed by atoms with Crippen LogP contribution in [0.5, 0.6) is 0 Å². The molecule has 0 spiro atoms. The lowest BCUT2D eigenvalue weighted by Crippen LogP contribution is -2.39. The summed E-state index contributed by atoms with van der Waals surface area (Å²) in [5.41, 5.74) is 0. The fourth-order valence-corrected chi connectivity index (χ4v) is 2.41. The van der Waals surface area contributed by atoms with E-state index in [1.165, 1.54) is 0 Å². The van der Waals surface area contributed by atoms with Crippen molar-refractivity contribution in [3.05, 3.63) is 0 Å². The molecule has 1 saturated heterocycles. The van der Waals surface area contributed by atoms with E-state index < -0.39 is 12.6 Å². The second-order valence-corrected chi connectivity index (χ2v) is 4.62. The largest absolute Gasteiger partial charge is 0.389 e. The first kappa shape index (κ1) is 14.8. The van der Waals surface area contributed by atoms with Crippen molar-refractivity contribution in [3.8, 4) is 0 Å². The molecule has 102 valence electrons. The quantitative estimate of drug-likeness (QED) is 0.785. The molecule has 1 rings (SSSR count). The van der Waals surface area contributed by atoms with Gasteiger partial charge in [-0.1, -0.05) is 6.92 Å². The van der Waals surface area contributed by atoms with Crippen LogP contribution in [0.4, 0.5) is 13.2 Å². The Balaban J connectivity index is 2.31. The van der Waals surface area contributed by atoms with E-state index in [1.54, 1.807) is 0 Å². The summed E-state index contributed by atoms with van der Waals surface area (Å²) in [5.74, 6) is 0.469. The maximum atomic E-state index is 12.1. The number of halogens is 3. The number of rotatable bonds is 6. The lowest BCUT2D eigenvalue weighted by Gasteiger charge is -2.31. The molecule has 0 aromatic heterocycles. The lowest BCUT2D eigenvalue weighted by atomic mass is 9.88. The molecule has 1 atom stereocenters. The highest BCUT2D eigenvalue weighted by Crippen LogP contribution is 2.26. The Hall–Kier alpha value is -0.290. The molecule has 2 nitrogen and oxygen atoms in total. The van der Waals surface area contributed by atoms with Crippen molar-refractivity contribution in [3.63, 3.8) is 0 Å². The topological polar surface area (TPSA) is 21.3 Å². The van der Waals surface area contributed by atoms with Gasteiger partial charge in [0.2, 0.25) is 0 Å². The lowest BCUT2D eigenvalue weighted by molar-refractivity contribution is -0.136. The van der Waals surface area contributed by atoms with E-state index in [-0.39, 0.29) is 12.5 Å². The second-order valence-electron chi connectivity index (χ2n) is 4.62. The van der Waals surface area contributed by atoms with Gasteiger partial charge in [-0.15, -0.1) is 0 Å². The van der Waals surface area contributed by atoms with Gasteiger partial charge in [0.1, 0.15) is 0 Å². The van der Waals surface area contributed by atoms with Crippen molar-refractivity contribution >= 4 is 0 Å². The van der Waals surface area contributed by atoms with E-state index in [9.17, 15) is 13.2 Å². The number of ether oxygens (including phenoxy) is 1. The standard InChI is InChI=1S/C12H22F3NO/c1-2-16-11(4-3-7-12(13,14)15)10-5-8-17-9-6-10/h10-11,16H,2-9H2,1H3. The van der Waals surface area contributed by atoms with Crippen LogP contribution in [0, 0.1) is 5.92 Å². The normalized spacial score (nSPS) is 20.5. The molecular formula is C12H22F3NO. The highest BCUT2D eigenvalue weighted by Gasteiger charge is 2.28. The van der Waals surface area contributed by atoms with Crippen LogP contribution in [0.2, 0.25) is 0 Å². The van der Waals surface area contributed by atoms with Gasteiger partial charge in [0.25, 0.3) is 0 Å². The Morgan fingerprint density at radius 3 is 2.47 bits per heavy atom. The smallest absolute Gasteiger partial charge is 0.381 e. The first-order valence-corrected chi connectivity index (χ1v) is 6.41. The fraction of sp³-hybridized carbons (Fsp3) is 1.00. The molecule has 1 aliphatic heterocycles. The fourth-order valence-electron chi connectivity index (χ4n) is 2.41. The number of alkyl halides is 3. The minimum Gasteiger partial charge on any atom is -0.381 e. The van der Waals surface area contributed by atoms with Crippen molar-refractivity contribution in [2.24, 2.45) is 5.92 Å². The van der Waals surface area contributed by atoms with Crippen molar-refractivity contribution in [2.45, 2.75) is 51.2 Å². The average molecular weight is 253 g/mol. The Labute approximate surface area is 101 Å². The van der Waals surface area contributed by atoms with Crippen molar-refractivity contribution in [2.75, 3.05) is 19.8 Å². The van der Waals surface area contributed by atoms with E-state index in [4.69, 9.17) is 4.74 Å². The van der Waals surface area contributed by atoms with Gasteiger partial charge in [0.15, 0.2) is 0 Å². The minimum absolute atomic E-state index is 0.214. The van der Waals surface area contributed by atoms with Gasteiger partial charge in [-0.25, -0.2) is 0 Å². The Morgan fingerprint density at radius 1 is 1.29 bits per heavy atom. The second kappa shape index (κ2) is 7.21. The van der Waals surface area contributed by atoms with E-state index in [1.807, 2.05) is 6.92 Å². The molecular weight excluding hydrogens is 231 g/mol. The molecule has 0 amide bonds. The van der Waals surface area contributed by atoms with Gasteiger partial charge in [0.05, 0.1) is 0 Å². The van der Waals surface area contributed by atoms with E-state index in [2.05, 4.69) is 5.32 Å². The maximum absolute atomic E-state index is 12.1. The zero-order chi connectivity index (χ0) is 12.7. The first-order valence-electron chi connectivity index (χ1n) is 6.41. The van der Waals surface area contributed by atoms with Gasteiger partial charge in [-0.3, -0.25) is 0 Å². The third-order valence-corrected chi connectivity index (χ3v) is 3.28. The molecule has 0 aromatic carbocycles. The van der Waals surface area contributed by atoms with Crippen LogP contribution in [0.1, 0.15) is 39.0 Å². The monoisotopic (exact) mass is 253 g/mol. The summed E-state index contributed by atoms with van der Waals surface area (Å²) in [6, 6.07) is 0.214. The highest BCUT2D eigenvalue weighted by molar-refractivity contribution is 4.78. The van der Waals surface area contributed by atoms with Crippen LogP contribution in [-0.2, 0) is 4.74 Å². The molecule has 0 radical (unpaired) electrons. The molecule has 17 heavy (non-hydrogen) atoms. The van der Waals surface area contributed by atoms with Crippen molar-refractivity contribution in [1.29, 1.82) is 0 Å². The van der Waals surface area contributed by atoms with Crippen LogP contribution >= 0.6 is 0 Å². The highest BCUT2D eigenvalue weighted by atomic mass is 19.4. The SMILES string of the molecule is CCNC(CCCC(F)(F)F)C1CCOCC1. The van der Waals surface area contributed by atoms with E-state index >= 15 is 0 Å². The molecule has 1 fully saturated rings. The Kier molecular flexibility index (Phi) is 6.27. The van der Waals surface area contributed by atoms with Crippen LogP contribution in [-0.4, -0.2) is 32.0 Å². The van der Waals surface area contributed by atoms with Gasteiger partial charge in [-0.2, -0.15) is 13.2 Å². The zero-order valence-electron chi connectivity index (χ0n) is 10.4. The molecule has 0 aliphatic carbocycles. The molecule has 1 unspecified atom stereocenters. The summed E-state index contributed by atoms with van der Waals surface area (Å²) in [6.07, 6.45) is -1.94. The predicted octanol–water partition coefficient (Wildman–Crippen LogP) is 3.12. The van der Waals surface area contributed by atoms with Crippen LogP contribution < -0.4 is 5.32 Å². The molecule has 5 heteroatoms. The summed E-state index contributed by atoms with van der Waals surface area (Å²) in [4.78, 5) is 0. The zero-order valence-corrected chi connectivity index (χ0v) is 10.4. The minimum atomic E-state index is -4.02. The van der Waals surface area contributed by atoms with Gasteiger partial charge in [0, 0.05) is 25.7 Å².